The van der Waals surface area contributed by atoms with Gasteiger partial charge in [-0.3, -0.25) is 0 Å². The van der Waals surface area contributed by atoms with Crippen molar-refractivity contribution in [3.8, 4) is 0 Å². The second-order valence-corrected chi connectivity index (χ2v) is 1.88. The van der Waals surface area contributed by atoms with E-state index in [0.29, 0.717) is 5.65 Å². The number of hydrogen-bond donors (Lipinski definition) is 0. The average Bonchev–Trinajstić information content (AvgIpc) is 2.36. The monoisotopic (exact) mass is 137 g/mol. The van der Waals surface area contributed by atoms with Gasteiger partial charge in [0.25, 0.3) is 0 Å². The molecule has 0 amide bonds. The summed E-state index contributed by atoms with van der Waals surface area (Å²) in [4.78, 5) is 3.79. The fraction of sp³-hybridized carbons (Fsp3) is 0. The van der Waals surface area contributed by atoms with Gasteiger partial charge in [0.2, 0.25) is 5.95 Å². The molecule has 0 saturated carbocycles. The second-order valence-electron chi connectivity index (χ2n) is 1.88. The molecule has 0 aliphatic heterocycles. The van der Waals surface area contributed by atoms with Crippen molar-refractivity contribution in [3.63, 3.8) is 0 Å². The van der Waals surface area contributed by atoms with Gasteiger partial charge in [-0.25, -0.2) is 4.98 Å². The summed E-state index contributed by atoms with van der Waals surface area (Å²) in [7, 11) is 0. The molecule has 2 aromatic heterocycles. The third kappa shape index (κ3) is 0.586. The highest BCUT2D eigenvalue weighted by atomic mass is 19.1. The van der Waals surface area contributed by atoms with Gasteiger partial charge in [0.05, 0.1) is 0 Å². The van der Waals surface area contributed by atoms with E-state index in [1.165, 1.54) is 12.4 Å². The zero-order valence-corrected chi connectivity index (χ0v) is 5.03. The number of fused-ring (bicyclic) bond motifs is 1. The number of rotatable bonds is 0. The van der Waals surface area contributed by atoms with Gasteiger partial charge >= 0.3 is 0 Å². The Hall–Kier alpha value is -1.45. The molecule has 2 heterocycles. The van der Waals surface area contributed by atoms with Crippen LogP contribution in [0.25, 0.3) is 5.65 Å². The SMILES string of the molecule is Fc1cccc2ncnn12. The molecule has 0 unspecified atom stereocenters. The van der Waals surface area contributed by atoms with Crippen LogP contribution in [-0.2, 0) is 0 Å². The first-order chi connectivity index (χ1) is 4.88. The summed E-state index contributed by atoms with van der Waals surface area (Å²) in [5.74, 6) is -0.394. The first kappa shape index (κ1) is 5.34. The Morgan fingerprint density at radius 3 is 3.10 bits per heavy atom. The summed E-state index contributed by atoms with van der Waals surface area (Å²) in [5, 5.41) is 3.65. The van der Waals surface area contributed by atoms with Crippen molar-refractivity contribution in [3.05, 3.63) is 30.5 Å². The average molecular weight is 137 g/mol. The van der Waals surface area contributed by atoms with E-state index >= 15 is 0 Å². The van der Waals surface area contributed by atoms with E-state index in [1.807, 2.05) is 0 Å². The smallest absolute Gasteiger partial charge is 0.215 e. The van der Waals surface area contributed by atoms with E-state index < -0.39 is 5.95 Å². The highest BCUT2D eigenvalue weighted by Crippen LogP contribution is 1.99. The van der Waals surface area contributed by atoms with Gasteiger partial charge in [0.15, 0.2) is 5.65 Å². The van der Waals surface area contributed by atoms with Gasteiger partial charge in [-0.05, 0) is 12.1 Å². The first-order valence-electron chi connectivity index (χ1n) is 2.82. The lowest BCUT2D eigenvalue weighted by Crippen LogP contribution is -1.92. The van der Waals surface area contributed by atoms with Crippen LogP contribution in [0.5, 0.6) is 0 Å². The minimum absolute atomic E-state index is 0.394. The van der Waals surface area contributed by atoms with Crippen molar-refractivity contribution in [2.24, 2.45) is 0 Å². The van der Waals surface area contributed by atoms with Crippen LogP contribution in [0.1, 0.15) is 0 Å². The molecular weight excluding hydrogens is 133 g/mol. The van der Waals surface area contributed by atoms with Crippen molar-refractivity contribution >= 4 is 5.65 Å². The van der Waals surface area contributed by atoms with Crippen molar-refractivity contribution in [1.82, 2.24) is 14.6 Å². The van der Waals surface area contributed by atoms with Crippen LogP contribution in [0.2, 0.25) is 0 Å². The summed E-state index contributed by atoms with van der Waals surface area (Å²) < 4.78 is 13.8. The summed E-state index contributed by atoms with van der Waals surface area (Å²) in [6, 6.07) is 4.62. The van der Waals surface area contributed by atoms with E-state index in [2.05, 4.69) is 10.1 Å². The predicted molar refractivity (Wildman–Crippen MR) is 32.9 cm³/mol. The Morgan fingerprint density at radius 1 is 1.40 bits per heavy atom. The molecule has 0 aromatic carbocycles. The molecule has 0 aliphatic rings. The van der Waals surface area contributed by atoms with Crippen molar-refractivity contribution < 1.29 is 4.39 Å². The van der Waals surface area contributed by atoms with Crippen LogP contribution in [0, 0.1) is 5.95 Å². The van der Waals surface area contributed by atoms with Gasteiger partial charge < -0.3 is 0 Å². The molecule has 2 aromatic rings. The van der Waals surface area contributed by atoms with Crippen LogP contribution in [0.3, 0.4) is 0 Å². The molecule has 0 fully saturated rings. The molecule has 0 bridgehead atoms. The first-order valence-corrected chi connectivity index (χ1v) is 2.82. The van der Waals surface area contributed by atoms with E-state index in [1.54, 1.807) is 12.1 Å². The van der Waals surface area contributed by atoms with Crippen molar-refractivity contribution in [1.29, 1.82) is 0 Å². The molecular formula is C6H4FN3. The molecule has 0 N–H and O–H groups in total. The highest BCUT2D eigenvalue weighted by molar-refractivity contribution is 5.34. The number of hydrogen-bond acceptors (Lipinski definition) is 2. The van der Waals surface area contributed by atoms with Crippen LogP contribution >= 0.6 is 0 Å². The lowest BCUT2D eigenvalue weighted by Gasteiger charge is -1.89. The largest absolute Gasteiger partial charge is 0.216 e. The number of aromatic nitrogens is 3. The lowest BCUT2D eigenvalue weighted by atomic mass is 10.5. The zero-order chi connectivity index (χ0) is 6.97. The maximum atomic E-state index is 12.7. The molecule has 2 rings (SSSR count). The molecule has 50 valence electrons. The Labute approximate surface area is 56.1 Å². The van der Waals surface area contributed by atoms with Gasteiger partial charge in [0, 0.05) is 0 Å². The van der Waals surface area contributed by atoms with E-state index in [4.69, 9.17) is 0 Å². The molecule has 3 nitrogen and oxygen atoms in total. The molecule has 4 heteroatoms. The molecule has 10 heavy (non-hydrogen) atoms. The Morgan fingerprint density at radius 2 is 2.30 bits per heavy atom. The van der Waals surface area contributed by atoms with Gasteiger partial charge in [0.1, 0.15) is 6.33 Å². The predicted octanol–water partition coefficient (Wildman–Crippen LogP) is 0.868. The fourth-order valence-electron chi connectivity index (χ4n) is 0.813. The molecule has 0 spiro atoms. The molecule has 0 saturated heterocycles. The van der Waals surface area contributed by atoms with Crippen molar-refractivity contribution in [2.45, 2.75) is 0 Å². The third-order valence-electron chi connectivity index (χ3n) is 1.26. The summed E-state index contributed by atoms with van der Waals surface area (Å²) in [5.41, 5.74) is 0.528. The zero-order valence-electron chi connectivity index (χ0n) is 5.03. The Balaban J connectivity index is 2.95. The van der Waals surface area contributed by atoms with Gasteiger partial charge in [-0.15, -0.1) is 0 Å². The number of pyridine rings is 1. The maximum absolute atomic E-state index is 12.7. The molecule has 0 atom stereocenters. The molecule has 0 aliphatic carbocycles. The van der Waals surface area contributed by atoms with Gasteiger partial charge in [-0.2, -0.15) is 14.0 Å². The van der Waals surface area contributed by atoms with Crippen LogP contribution < -0.4 is 0 Å². The van der Waals surface area contributed by atoms with Crippen LogP contribution in [0.15, 0.2) is 24.5 Å². The second kappa shape index (κ2) is 1.76. The summed E-state index contributed by atoms with van der Waals surface area (Å²) in [6.45, 7) is 0. The fourth-order valence-corrected chi connectivity index (χ4v) is 0.813. The maximum Gasteiger partial charge on any atom is 0.216 e. The topological polar surface area (TPSA) is 30.2 Å². The molecule has 0 radical (unpaired) electrons. The van der Waals surface area contributed by atoms with Crippen LogP contribution in [-0.4, -0.2) is 14.6 Å². The Kier molecular flexibility index (Phi) is 0.943. The summed E-state index contributed by atoms with van der Waals surface area (Å²) >= 11 is 0. The normalized spacial score (nSPS) is 10.5. The van der Waals surface area contributed by atoms with E-state index in [9.17, 15) is 4.39 Å². The lowest BCUT2D eigenvalue weighted by molar-refractivity contribution is 0.545. The standard InChI is InChI=1S/C6H4FN3/c7-5-2-1-3-6-8-4-9-10(5)6/h1-4H. The highest BCUT2D eigenvalue weighted by Gasteiger charge is 1.97. The van der Waals surface area contributed by atoms with Crippen LogP contribution in [0.4, 0.5) is 4.39 Å². The number of halogens is 1. The number of nitrogens with zero attached hydrogens (tertiary/aromatic N) is 3. The quantitative estimate of drug-likeness (QED) is 0.504. The van der Waals surface area contributed by atoms with E-state index in [-0.39, 0.29) is 0 Å². The van der Waals surface area contributed by atoms with E-state index in [0.717, 1.165) is 4.52 Å². The Bertz CT molecular complexity index is 355. The minimum atomic E-state index is -0.394. The minimum Gasteiger partial charge on any atom is -0.215 e. The summed E-state index contributed by atoms with van der Waals surface area (Å²) in [6.07, 6.45) is 1.32. The third-order valence-corrected chi connectivity index (χ3v) is 1.26. The van der Waals surface area contributed by atoms with Crippen molar-refractivity contribution in [2.75, 3.05) is 0 Å². The van der Waals surface area contributed by atoms with Gasteiger partial charge in [-0.1, -0.05) is 6.07 Å².